The Morgan fingerprint density at radius 1 is 0.925 bits per heavy atom. The van der Waals surface area contributed by atoms with Crippen LogP contribution in [-0.2, 0) is 20.8 Å². The van der Waals surface area contributed by atoms with Crippen LogP contribution in [0.1, 0.15) is 15.9 Å². The number of benzene rings is 2. The number of hydrogen-bond acceptors (Lipinski definition) is 11. The van der Waals surface area contributed by atoms with Crippen LogP contribution in [0.3, 0.4) is 0 Å². The molecule has 4 heterocycles. The highest BCUT2D eigenvalue weighted by Crippen LogP contribution is 2.26. The van der Waals surface area contributed by atoms with E-state index in [0.717, 1.165) is 11.1 Å². The first kappa shape index (κ1) is 25.9. The van der Waals surface area contributed by atoms with Gasteiger partial charge in [-0.25, -0.2) is 9.59 Å². The largest absolute Gasteiger partial charge is 0.457 e. The number of aromatic nitrogens is 3. The fraction of sp³-hybridized carbons (Fsp3) is 0.370. The molecule has 208 valence electrons. The van der Waals surface area contributed by atoms with Crippen LogP contribution in [0.5, 0.6) is 0 Å². The third-order valence-electron chi connectivity index (χ3n) is 6.87. The predicted octanol–water partition coefficient (Wildman–Crippen LogP) is 1.89. The lowest BCUT2D eigenvalue weighted by Gasteiger charge is -2.33. The average molecular weight is 548 g/mol. The van der Waals surface area contributed by atoms with Crippen molar-refractivity contribution >= 4 is 35.3 Å². The molecule has 3 aliphatic rings. The lowest BCUT2D eigenvalue weighted by atomic mass is 10.1. The van der Waals surface area contributed by atoms with Crippen LogP contribution in [-0.4, -0.2) is 90.8 Å². The number of nitrogens with zero attached hydrogens (tertiary/aromatic N) is 5. The van der Waals surface area contributed by atoms with Gasteiger partial charge < -0.3 is 39.8 Å². The second kappa shape index (κ2) is 11.4. The Morgan fingerprint density at radius 3 is 2.40 bits per heavy atom. The standard InChI is InChI=1S/C27H29N7O6/c35-15-21-14-34(9-12-39-21)26-31-23(30-25(32-26)33-7-10-38-11-8-33)17-1-3-19(4-2-17)28-27(37)29-20-5-6-22-18(13-20)16-40-24(22)36/h1-6,13,21,35H,7-12,14-16H2,(H2,28,29,37)/t21-/m0/s1. The Hall–Kier alpha value is -4.33. The number of carbonyl (C=O) groups is 2. The van der Waals surface area contributed by atoms with Gasteiger partial charge in [0, 0.05) is 48.7 Å². The molecule has 13 nitrogen and oxygen atoms in total. The van der Waals surface area contributed by atoms with Crippen LogP contribution in [0.15, 0.2) is 42.5 Å². The topological polar surface area (TPSA) is 151 Å². The number of cyclic esters (lactones) is 1. The van der Waals surface area contributed by atoms with Crippen molar-refractivity contribution in [2.45, 2.75) is 12.7 Å². The van der Waals surface area contributed by atoms with Gasteiger partial charge in [-0.3, -0.25) is 0 Å². The number of morpholine rings is 2. The molecule has 0 spiro atoms. The summed E-state index contributed by atoms with van der Waals surface area (Å²) in [5.41, 5.74) is 3.17. The van der Waals surface area contributed by atoms with E-state index in [-0.39, 0.29) is 25.3 Å². The number of aliphatic hydroxyl groups is 1. The molecule has 3 aromatic rings. The molecule has 40 heavy (non-hydrogen) atoms. The first-order valence-corrected chi connectivity index (χ1v) is 13.1. The third kappa shape index (κ3) is 5.66. The van der Waals surface area contributed by atoms with Crippen molar-refractivity contribution in [1.29, 1.82) is 0 Å². The Balaban J connectivity index is 1.19. The number of urea groups is 1. The highest BCUT2D eigenvalue weighted by atomic mass is 16.5. The zero-order valence-corrected chi connectivity index (χ0v) is 21.7. The average Bonchev–Trinajstić information content (AvgIpc) is 3.37. The number of nitrogens with one attached hydrogen (secondary N) is 2. The quantitative estimate of drug-likeness (QED) is 0.388. The molecule has 0 bridgehead atoms. The number of rotatable bonds is 6. The molecule has 2 aromatic carbocycles. The van der Waals surface area contributed by atoms with Gasteiger partial charge in [-0.15, -0.1) is 0 Å². The van der Waals surface area contributed by atoms with E-state index in [9.17, 15) is 14.7 Å². The fourth-order valence-corrected chi connectivity index (χ4v) is 4.75. The molecule has 13 heteroatoms. The maximum absolute atomic E-state index is 12.6. The minimum absolute atomic E-state index is 0.0760. The van der Waals surface area contributed by atoms with Crippen molar-refractivity contribution in [2.75, 3.05) is 73.0 Å². The number of fused-ring (bicyclic) bond motifs is 1. The molecule has 1 atom stereocenters. The van der Waals surface area contributed by atoms with Gasteiger partial charge in [-0.2, -0.15) is 15.0 Å². The molecule has 0 saturated carbocycles. The van der Waals surface area contributed by atoms with Gasteiger partial charge in [-0.05, 0) is 42.5 Å². The summed E-state index contributed by atoms with van der Waals surface area (Å²) >= 11 is 0. The fourth-order valence-electron chi connectivity index (χ4n) is 4.75. The Kier molecular flexibility index (Phi) is 7.40. The first-order chi connectivity index (χ1) is 19.6. The van der Waals surface area contributed by atoms with Crippen molar-refractivity contribution in [3.05, 3.63) is 53.6 Å². The zero-order chi connectivity index (χ0) is 27.5. The van der Waals surface area contributed by atoms with Crippen LogP contribution in [0.2, 0.25) is 0 Å². The molecule has 0 aliphatic carbocycles. The summed E-state index contributed by atoms with van der Waals surface area (Å²) in [4.78, 5) is 42.5. The van der Waals surface area contributed by atoms with Crippen LogP contribution < -0.4 is 20.4 Å². The van der Waals surface area contributed by atoms with Crippen molar-refractivity contribution in [3.63, 3.8) is 0 Å². The number of esters is 1. The van der Waals surface area contributed by atoms with E-state index in [1.165, 1.54) is 0 Å². The van der Waals surface area contributed by atoms with E-state index in [2.05, 4.69) is 15.5 Å². The van der Waals surface area contributed by atoms with Crippen LogP contribution in [0.4, 0.5) is 28.1 Å². The number of anilines is 4. The molecule has 3 N–H and O–H groups in total. The normalized spacial score (nSPS) is 18.7. The van der Waals surface area contributed by atoms with Crippen molar-refractivity contribution in [1.82, 2.24) is 15.0 Å². The van der Waals surface area contributed by atoms with Gasteiger partial charge in [0.15, 0.2) is 5.82 Å². The molecule has 0 radical (unpaired) electrons. The second-order valence-corrected chi connectivity index (χ2v) is 9.58. The SMILES string of the molecule is O=C(Nc1ccc(-c2nc(N3CCOCC3)nc(N3CCO[C@H](CO)C3)n2)cc1)Nc1ccc2c(c1)COC2=O. The maximum atomic E-state index is 12.6. The number of aliphatic hydroxyl groups excluding tert-OH is 1. The van der Waals surface area contributed by atoms with E-state index in [1.807, 2.05) is 17.0 Å². The van der Waals surface area contributed by atoms with Crippen molar-refractivity contribution in [3.8, 4) is 11.4 Å². The summed E-state index contributed by atoms with van der Waals surface area (Å²) in [6.07, 6.45) is -0.301. The van der Waals surface area contributed by atoms with Gasteiger partial charge in [0.25, 0.3) is 0 Å². The minimum Gasteiger partial charge on any atom is -0.457 e. The summed E-state index contributed by atoms with van der Waals surface area (Å²) in [5.74, 6) is 1.24. The van der Waals surface area contributed by atoms with Crippen LogP contribution in [0.25, 0.3) is 11.4 Å². The van der Waals surface area contributed by atoms with Gasteiger partial charge in [0.2, 0.25) is 11.9 Å². The van der Waals surface area contributed by atoms with Crippen LogP contribution >= 0.6 is 0 Å². The maximum Gasteiger partial charge on any atom is 0.338 e. The van der Waals surface area contributed by atoms with E-state index in [1.54, 1.807) is 30.3 Å². The Morgan fingerprint density at radius 2 is 1.62 bits per heavy atom. The molecule has 1 aromatic heterocycles. The molecule has 6 rings (SSSR count). The Bertz CT molecular complexity index is 1400. The van der Waals surface area contributed by atoms with E-state index < -0.39 is 6.03 Å². The molecular weight excluding hydrogens is 518 g/mol. The number of ether oxygens (including phenoxy) is 3. The van der Waals surface area contributed by atoms with Gasteiger partial charge in [-0.1, -0.05) is 0 Å². The number of amides is 2. The minimum atomic E-state index is -0.416. The monoisotopic (exact) mass is 547 g/mol. The van der Waals surface area contributed by atoms with E-state index in [4.69, 9.17) is 29.2 Å². The molecule has 2 fully saturated rings. The highest BCUT2D eigenvalue weighted by Gasteiger charge is 2.25. The summed E-state index contributed by atoms with van der Waals surface area (Å²) < 4.78 is 16.1. The highest BCUT2D eigenvalue weighted by molar-refractivity contribution is 6.01. The zero-order valence-electron chi connectivity index (χ0n) is 21.7. The third-order valence-corrected chi connectivity index (χ3v) is 6.87. The summed E-state index contributed by atoms with van der Waals surface area (Å²) in [6.45, 7) is 4.23. The number of carbonyl (C=O) groups excluding carboxylic acids is 2. The summed E-state index contributed by atoms with van der Waals surface area (Å²) in [7, 11) is 0. The van der Waals surface area contributed by atoms with Gasteiger partial charge in [0.05, 0.1) is 38.1 Å². The molecular formula is C27H29N7O6. The molecule has 2 saturated heterocycles. The number of hydrogen-bond donors (Lipinski definition) is 3. The van der Waals surface area contributed by atoms with Crippen LogP contribution in [0, 0.1) is 0 Å². The molecule has 0 unspecified atom stereocenters. The van der Waals surface area contributed by atoms with E-state index >= 15 is 0 Å². The first-order valence-electron chi connectivity index (χ1n) is 13.1. The summed E-state index contributed by atoms with van der Waals surface area (Å²) in [5, 5.41) is 15.2. The smallest absolute Gasteiger partial charge is 0.338 e. The lowest BCUT2D eigenvalue weighted by molar-refractivity contribution is 0.00314. The Labute approximate surface area is 230 Å². The summed E-state index contributed by atoms with van der Waals surface area (Å²) in [6, 6.07) is 11.8. The van der Waals surface area contributed by atoms with Gasteiger partial charge >= 0.3 is 12.0 Å². The molecule has 2 amide bonds. The predicted molar refractivity (Wildman–Crippen MR) is 146 cm³/mol. The molecule has 3 aliphatic heterocycles. The van der Waals surface area contributed by atoms with E-state index in [0.29, 0.717) is 80.7 Å². The van der Waals surface area contributed by atoms with Gasteiger partial charge in [0.1, 0.15) is 6.61 Å². The lowest BCUT2D eigenvalue weighted by Crippen LogP contribution is -2.45. The van der Waals surface area contributed by atoms with Crippen molar-refractivity contribution in [2.24, 2.45) is 0 Å². The van der Waals surface area contributed by atoms with Crippen molar-refractivity contribution < 1.29 is 28.9 Å². The second-order valence-electron chi connectivity index (χ2n) is 9.58.